The molecule has 8 heteroatoms. The maximum absolute atomic E-state index is 5.89. The smallest absolute Gasteiger partial charge is 0.120 e. The lowest BCUT2D eigenvalue weighted by Crippen LogP contribution is -2.15. The first kappa shape index (κ1) is 26.6. The fourth-order valence-corrected chi connectivity index (χ4v) is 4.54. The summed E-state index contributed by atoms with van der Waals surface area (Å²) in [6.45, 7) is 6.21. The average molecular weight is 515 g/mol. The van der Waals surface area contributed by atoms with Crippen LogP contribution in [0.4, 0.5) is 0 Å². The minimum absolute atomic E-state index is 0.486. The van der Waals surface area contributed by atoms with Crippen LogP contribution in [0.1, 0.15) is 0 Å². The van der Waals surface area contributed by atoms with Crippen LogP contribution in [-0.4, -0.2) is 79.3 Å². The van der Waals surface area contributed by atoms with Gasteiger partial charge in [-0.1, -0.05) is 24.3 Å². The molecular formula is C28H34O7S. The average Bonchev–Trinajstić information content (AvgIpc) is 3.40. The SMILES string of the molecule is c1cc2cc(c1)-c1ccc(s1)-c1cccc(c1)OCCOCCOCCOCCOCCOCCO2. The van der Waals surface area contributed by atoms with Gasteiger partial charge in [-0.25, -0.2) is 0 Å². The molecule has 36 heavy (non-hydrogen) atoms. The van der Waals surface area contributed by atoms with E-state index in [4.69, 9.17) is 33.2 Å². The van der Waals surface area contributed by atoms with Crippen molar-refractivity contribution >= 4 is 11.3 Å². The predicted molar refractivity (Wildman–Crippen MR) is 140 cm³/mol. The highest BCUT2D eigenvalue weighted by Gasteiger charge is 2.08. The summed E-state index contributed by atoms with van der Waals surface area (Å²) in [5, 5.41) is 0. The Kier molecular flexibility index (Phi) is 11.5. The number of hydrogen-bond acceptors (Lipinski definition) is 8. The Bertz CT molecular complexity index is 944. The molecule has 1 aliphatic rings. The summed E-state index contributed by atoms with van der Waals surface area (Å²) in [6.07, 6.45) is 0. The fraction of sp³-hybridized carbons (Fsp3) is 0.429. The van der Waals surface area contributed by atoms with Crippen molar-refractivity contribution < 1.29 is 33.2 Å². The third-order valence-electron chi connectivity index (χ3n) is 5.32. The van der Waals surface area contributed by atoms with Crippen molar-refractivity contribution in [2.75, 3.05) is 79.3 Å². The van der Waals surface area contributed by atoms with Gasteiger partial charge in [0, 0.05) is 9.75 Å². The van der Waals surface area contributed by atoms with Crippen molar-refractivity contribution in [1.82, 2.24) is 0 Å². The van der Waals surface area contributed by atoms with Gasteiger partial charge in [0.05, 0.1) is 66.1 Å². The van der Waals surface area contributed by atoms with Crippen molar-refractivity contribution in [3.63, 3.8) is 0 Å². The number of thiophene rings is 1. The molecule has 2 heterocycles. The second kappa shape index (κ2) is 15.6. The fourth-order valence-electron chi connectivity index (χ4n) is 3.55. The molecule has 0 aliphatic carbocycles. The van der Waals surface area contributed by atoms with E-state index in [2.05, 4.69) is 36.4 Å². The molecule has 4 rings (SSSR count). The Hall–Kier alpha value is -2.46. The number of benzene rings is 2. The Morgan fingerprint density at radius 2 is 0.778 bits per heavy atom. The zero-order valence-electron chi connectivity index (χ0n) is 20.5. The first-order valence-electron chi connectivity index (χ1n) is 12.3. The first-order chi connectivity index (χ1) is 17.9. The van der Waals surface area contributed by atoms with E-state index in [0.29, 0.717) is 79.3 Å². The van der Waals surface area contributed by atoms with Gasteiger partial charge in [0.1, 0.15) is 24.7 Å². The third-order valence-corrected chi connectivity index (χ3v) is 6.51. The second-order valence-electron chi connectivity index (χ2n) is 7.98. The van der Waals surface area contributed by atoms with Gasteiger partial charge in [-0.2, -0.15) is 0 Å². The summed E-state index contributed by atoms with van der Waals surface area (Å²) >= 11 is 1.74. The normalized spacial score (nSPS) is 17.7. The summed E-state index contributed by atoms with van der Waals surface area (Å²) in [5.74, 6) is 1.66. The minimum Gasteiger partial charge on any atom is -0.491 e. The van der Waals surface area contributed by atoms with Gasteiger partial charge < -0.3 is 33.2 Å². The number of fused-ring (bicyclic) bond motifs is 8. The molecule has 0 fully saturated rings. The number of ether oxygens (including phenoxy) is 7. The zero-order valence-corrected chi connectivity index (χ0v) is 21.3. The third kappa shape index (κ3) is 9.20. The van der Waals surface area contributed by atoms with Crippen LogP contribution in [0, 0.1) is 0 Å². The molecule has 0 amide bonds. The van der Waals surface area contributed by atoms with Crippen LogP contribution in [0.3, 0.4) is 0 Å². The van der Waals surface area contributed by atoms with Crippen molar-refractivity contribution in [2.45, 2.75) is 0 Å². The lowest BCUT2D eigenvalue weighted by atomic mass is 10.1. The maximum atomic E-state index is 5.89. The molecule has 0 spiro atoms. The molecule has 6 bridgehead atoms. The quantitative estimate of drug-likeness (QED) is 0.421. The zero-order chi connectivity index (χ0) is 24.7. The Balaban J connectivity index is 1.35. The molecule has 0 saturated heterocycles. The van der Waals surface area contributed by atoms with Crippen molar-refractivity contribution in [3.05, 3.63) is 60.7 Å². The molecule has 0 unspecified atom stereocenters. The largest absolute Gasteiger partial charge is 0.491 e. The van der Waals surface area contributed by atoms with Gasteiger partial charge in [0.25, 0.3) is 0 Å². The van der Waals surface area contributed by atoms with Crippen LogP contribution < -0.4 is 9.47 Å². The van der Waals surface area contributed by atoms with Crippen molar-refractivity contribution in [2.24, 2.45) is 0 Å². The molecule has 7 nitrogen and oxygen atoms in total. The molecule has 0 saturated carbocycles. The van der Waals surface area contributed by atoms with Crippen LogP contribution in [-0.2, 0) is 23.7 Å². The summed E-state index contributed by atoms with van der Waals surface area (Å²) in [7, 11) is 0. The Morgan fingerprint density at radius 3 is 1.17 bits per heavy atom. The van der Waals surface area contributed by atoms with Gasteiger partial charge in [-0.15, -0.1) is 11.3 Å². The van der Waals surface area contributed by atoms with Crippen molar-refractivity contribution in [3.8, 4) is 32.4 Å². The monoisotopic (exact) mass is 514 g/mol. The summed E-state index contributed by atoms with van der Waals surface area (Å²) in [6, 6.07) is 20.6. The van der Waals surface area contributed by atoms with E-state index in [0.717, 1.165) is 22.6 Å². The van der Waals surface area contributed by atoms with Gasteiger partial charge in [0.2, 0.25) is 0 Å². The lowest BCUT2D eigenvalue weighted by molar-refractivity contribution is -0.0141. The van der Waals surface area contributed by atoms with E-state index in [-0.39, 0.29) is 0 Å². The van der Waals surface area contributed by atoms with Crippen LogP contribution in [0.2, 0.25) is 0 Å². The maximum Gasteiger partial charge on any atom is 0.120 e. The molecule has 0 N–H and O–H groups in total. The number of rotatable bonds is 0. The molecule has 2 aromatic carbocycles. The van der Waals surface area contributed by atoms with Crippen LogP contribution in [0.25, 0.3) is 20.9 Å². The van der Waals surface area contributed by atoms with E-state index in [1.807, 2.05) is 24.3 Å². The molecule has 194 valence electrons. The standard InChI is InChI=1S/C28H34O7S/c1-3-23-21-25(5-1)34-19-17-32-15-13-30-11-9-29-10-12-31-14-16-33-18-20-35-26-6-2-4-24(22-26)28-8-7-27(23)36-28/h1-8,21-22H,9-20H2. The second-order valence-corrected chi connectivity index (χ2v) is 9.06. The highest BCUT2D eigenvalue weighted by Crippen LogP contribution is 2.36. The van der Waals surface area contributed by atoms with E-state index < -0.39 is 0 Å². The van der Waals surface area contributed by atoms with Gasteiger partial charge in [-0.3, -0.25) is 0 Å². The number of hydrogen-bond donors (Lipinski definition) is 0. The van der Waals surface area contributed by atoms with Crippen molar-refractivity contribution in [1.29, 1.82) is 0 Å². The van der Waals surface area contributed by atoms with Crippen LogP contribution in [0.5, 0.6) is 11.5 Å². The van der Waals surface area contributed by atoms with Crippen LogP contribution in [0.15, 0.2) is 60.7 Å². The minimum atomic E-state index is 0.486. The molecular weight excluding hydrogens is 480 g/mol. The van der Waals surface area contributed by atoms with Gasteiger partial charge in [-0.05, 0) is 47.5 Å². The van der Waals surface area contributed by atoms with E-state index in [1.54, 1.807) is 11.3 Å². The summed E-state index contributed by atoms with van der Waals surface area (Å²) < 4.78 is 39.5. The van der Waals surface area contributed by atoms with E-state index >= 15 is 0 Å². The van der Waals surface area contributed by atoms with E-state index in [9.17, 15) is 0 Å². The Labute approximate surface area is 216 Å². The van der Waals surface area contributed by atoms with Gasteiger partial charge in [0.15, 0.2) is 0 Å². The van der Waals surface area contributed by atoms with Crippen LogP contribution >= 0.6 is 11.3 Å². The van der Waals surface area contributed by atoms with Gasteiger partial charge >= 0.3 is 0 Å². The molecule has 0 radical (unpaired) electrons. The highest BCUT2D eigenvalue weighted by atomic mass is 32.1. The van der Waals surface area contributed by atoms with E-state index in [1.165, 1.54) is 9.75 Å². The first-order valence-corrected chi connectivity index (χ1v) is 13.2. The Morgan fingerprint density at radius 1 is 0.417 bits per heavy atom. The molecule has 1 aromatic heterocycles. The topological polar surface area (TPSA) is 64.6 Å². The molecule has 3 aromatic rings. The highest BCUT2D eigenvalue weighted by molar-refractivity contribution is 7.18. The summed E-state index contributed by atoms with van der Waals surface area (Å²) in [4.78, 5) is 2.37. The predicted octanol–water partition coefficient (Wildman–Crippen LogP) is 4.94. The lowest BCUT2D eigenvalue weighted by Gasteiger charge is -2.10. The molecule has 0 atom stereocenters. The molecule has 1 aliphatic heterocycles. The summed E-state index contributed by atoms with van der Waals surface area (Å²) in [5.41, 5.74) is 2.25.